The molecule has 2 aliphatic heterocycles. The molecule has 0 radical (unpaired) electrons. The van der Waals surface area contributed by atoms with Crippen LogP contribution in [0.2, 0.25) is 0 Å². The smallest absolute Gasteiger partial charge is 0.315 e. The topological polar surface area (TPSA) is 263 Å². The van der Waals surface area contributed by atoms with Crippen LogP contribution in [0.3, 0.4) is 0 Å². The van der Waals surface area contributed by atoms with E-state index in [-0.39, 0.29) is 39.0 Å². The Morgan fingerprint density at radius 2 is 0.646 bits per heavy atom. The molecule has 2 heterocycles. The van der Waals surface area contributed by atoms with E-state index in [1.165, 1.54) is 36.8 Å². The molecular weight excluding hydrogens is 778 g/mol. The quantitative estimate of drug-likeness (QED) is 0.154. The zero-order valence-electron chi connectivity index (χ0n) is 28.2. The van der Waals surface area contributed by atoms with Crippen molar-refractivity contribution >= 4 is 0 Å². The Morgan fingerprint density at radius 1 is 0.396 bits per heavy atom. The van der Waals surface area contributed by atoms with Crippen LogP contribution in [0.1, 0.15) is 36.8 Å². The van der Waals surface area contributed by atoms with Crippen LogP contribution in [0.5, 0.6) is 0 Å². The van der Waals surface area contributed by atoms with Crippen LogP contribution in [-0.4, -0.2) is 115 Å². The molecule has 0 amide bonds. The number of halogens is 2. The van der Waals surface area contributed by atoms with Crippen molar-refractivity contribution in [2.75, 3.05) is 105 Å². The van der Waals surface area contributed by atoms with Gasteiger partial charge in [-0.1, -0.05) is 24.3 Å². The van der Waals surface area contributed by atoms with Crippen molar-refractivity contribution in [1.29, 1.82) is 0 Å². The average Bonchev–Trinajstić information content (AvgIpc) is 2.96. The maximum absolute atomic E-state index is 8.49. The molecule has 2 saturated heterocycles. The fraction of sp³-hybridized carbons (Fsp3) is 0.786. The van der Waals surface area contributed by atoms with Crippen molar-refractivity contribution in [3.63, 3.8) is 0 Å². The van der Waals surface area contributed by atoms with Crippen molar-refractivity contribution in [3.8, 4) is 0 Å². The summed E-state index contributed by atoms with van der Waals surface area (Å²) in [6.07, 6.45) is 4.80. The zero-order chi connectivity index (χ0) is 33.9. The second-order valence-corrected chi connectivity index (χ2v) is 12.6. The molecule has 0 aromatic heterocycles. The van der Waals surface area contributed by atoms with Crippen LogP contribution in [-0.2, 0) is 52.0 Å². The summed E-state index contributed by atoms with van der Waals surface area (Å²) in [5.74, 6) is 0. The molecule has 270 valence electrons. The van der Waals surface area contributed by atoms with E-state index in [1.807, 2.05) is 0 Å². The van der Waals surface area contributed by atoms with Gasteiger partial charge in [-0.25, -0.2) is 37.3 Å². The fourth-order valence-corrected chi connectivity index (χ4v) is 4.92. The summed E-state index contributed by atoms with van der Waals surface area (Å²) in [6, 6.07) is 9.42. The van der Waals surface area contributed by atoms with Gasteiger partial charge in [0.15, 0.2) is 0 Å². The summed E-state index contributed by atoms with van der Waals surface area (Å²) in [4.78, 5) is 5.23. The van der Waals surface area contributed by atoms with Crippen LogP contribution < -0.4 is 69.2 Å². The van der Waals surface area contributed by atoms with Gasteiger partial charge >= 0.3 is 39.0 Å². The maximum Gasteiger partial charge on any atom is 2.00 e. The first-order valence-electron chi connectivity index (χ1n) is 15.9. The standard InChI is InChI=1S/C28H54N8.2ClHO4.2Zn/c1-9-29-15-17-31-13-3-21-35(23-19-33-11-1)25-27-5-7-28(8-6-27)26-36-22-4-14-32-18-16-30-10-2-12-34-20-24-36;2*2-1(3,4)5;;/h5-8,29-34H,1-4,9-26H2;2*(H,2,3,4,5);;/q;;;2*+2/p-2. The van der Waals surface area contributed by atoms with Crippen molar-refractivity contribution in [1.82, 2.24) is 41.7 Å². The Hall–Kier alpha value is 0.407. The van der Waals surface area contributed by atoms with Gasteiger partial charge in [0, 0.05) is 65.4 Å². The van der Waals surface area contributed by atoms with Crippen LogP contribution in [0.25, 0.3) is 0 Å². The van der Waals surface area contributed by atoms with Gasteiger partial charge in [-0.15, -0.1) is 20.5 Å². The first kappa shape index (κ1) is 50.5. The van der Waals surface area contributed by atoms with E-state index >= 15 is 0 Å². The second-order valence-electron chi connectivity index (χ2n) is 11.0. The number of hydrogen-bond acceptors (Lipinski definition) is 16. The van der Waals surface area contributed by atoms with Crippen LogP contribution >= 0.6 is 0 Å². The second kappa shape index (κ2) is 32.1. The van der Waals surface area contributed by atoms with Crippen molar-refractivity contribution < 1.29 is 96.7 Å². The summed E-state index contributed by atoms with van der Waals surface area (Å²) >= 11 is 0. The number of benzene rings is 1. The number of nitrogens with zero attached hydrogens (tertiary/aromatic N) is 2. The molecule has 6 N–H and O–H groups in total. The third-order valence-corrected chi connectivity index (χ3v) is 7.07. The Balaban J connectivity index is 0. The first-order chi connectivity index (χ1) is 21.9. The Labute approximate surface area is 315 Å². The van der Waals surface area contributed by atoms with E-state index in [0.717, 1.165) is 118 Å². The van der Waals surface area contributed by atoms with E-state index < -0.39 is 20.5 Å². The monoisotopic (exact) mass is 828 g/mol. The summed E-state index contributed by atoms with van der Waals surface area (Å²) in [6.45, 7) is 19.6. The molecule has 2 aliphatic rings. The molecule has 1 aromatic rings. The van der Waals surface area contributed by atoms with E-state index in [4.69, 9.17) is 37.3 Å². The molecule has 0 saturated carbocycles. The van der Waals surface area contributed by atoms with Gasteiger partial charge in [0.25, 0.3) is 0 Å². The van der Waals surface area contributed by atoms with Crippen molar-refractivity contribution in [2.45, 2.75) is 38.8 Å². The fourth-order valence-electron chi connectivity index (χ4n) is 4.92. The van der Waals surface area contributed by atoms with Gasteiger partial charge in [0.2, 0.25) is 0 Å². The Bertz CT molecular complexity index is 746. The van der Waals surface area contributed by atoms with E-state index in [0.29, 0.717) is 0 Å². The molecule has 3 rings (SSSR count). The third kappa shape index (κ3) is 37.7. The van der Waals surface area contributed by atoms with Gasteiger partial charge < -0.3 is 31.9 Å². The molecule has 0 aliphatic carbocycles. The summed E-state index contributed by atoms with van der Waals surface area (Å²) in [5.41, 5.74) is 2.86. The average molecular weight is 832 g/mol. The van der Waals surface area contributed by atoms with Crippen LogP contribution in [0.4, 0.5) is 0 Å². The normalized spacial score (nSPS) is 19.7. The maximum atomic E-state index is 8.49. The van der Waals surface area contributed by atoms with Crippen molar-refractivity contribution in [2.24, 2.45) is 0 Å². The minimum Gasteiger partial charge on any atom is -0.315 e. The predicted octanol–water partition coefficient (Wildman–Crippen LogP) is -9.10. The van der Waals surface area contributed by atoms with E-state index in [1.54, 1.807) is 0 Å². The Kier molecular flexibility index (Phi) is 33.8. The number of nitrogens with one attached hydrogen (secondary N) is 6. The van der Waals surface area contributed by atoms with Gasteiger partial charge in [-0.05, 0) is 89.2 Å². The van der Waals surface area contributed by atoms with E-state index in [2.05, 4.69) is 66.0 Å². The molecule has 20 heteroatoms. The van der Waals surface area contributed by atoms with Gasteiger partial charge in [0.05, 0.1) is 0 Å². The molecule has 48 heavy (non-hydrogen) atoms. The molecule has 16 nitrogen and oxygen atoms in total. The first-order valence-corrected chi connectivity index (χ1v) is 18.4. The SMILES string of the molecule is [O-][Cl+3]([O-])([O-])[O-].[O-][Cl+3]([O-])([O-])[O-].[Zn+2].[Zn+2].c1cc(CN2CCCNCCNCCCNCC2)ccc1CN1CCCNCCNCCCNCC1. The summed E-state index contributed by atoms with van der Waals surface area (Å²) in [7, 11) is -9.89. The molecular formula is C28H54Cl2N8O8Zn2+2. The van der Waals surface area contributed by atoms with Crippen LogP contribution in [0.15, 0.2) is 24.3 Å². The van der Waals surface area contributed by atoms with Gasteiger partial charge in [-0.2, -0.15) is 0 Å². The van der Waals surface area contributed by atoms with Gasteiger partial charge in [-0.3, -0.25) is 9.80 Å². The minimum absolute atomic E-state index is 0. The zero-order valence-corrected chi connectivity index (χ0v) is 35.6. The van der Waals surface area contributed by atoms with E-state index in [9.17, 15) is 0 Å². The summed E-state index contributed by atoms with van der Waals surface area (Å²) < 4.78 is 67.9. The summed E-state index contributed by atoms with van der Waals surface area (Å²) in [5, 5.41) is 21.4. The molecule has 1 aromatic carbocycles. The number of rotatable bonds is 4. The molecule has 2 fully saturated rings. The minimum atomic E-state index is -4.94. The molecule has 0 unspecified atom stereocenters. The predicted molar refractivity (Wildman–Crippen MR) is 153 cm³/mol. The molecule has 0 atom stereocenters. The van der Waals surface area contributed by atoms with Crippen molar-refractivity contribution in [3.05, 3.63) is 35.4 Å². The largest absolute Gasteiger partial charge is 2.00 e. The van der Waals surface area contributed by atoms with Gasteiger partial charge in [0.1, 0.15) is 0 Å². The Morgan fingerprint density at radius 3 is 0.938 bits per heavy atom. The molecule has 0 spiro atoms. The molecule has 0 bridgehead atoms. The van der Waals surface area contributed by atoms with Crippen LogP contribution in [0, 0.1) is 20.5 Å². The number of hydrogen-bond donors (Lipinski definition) is 6. The third-order valence-electron chi connectivity index (χ3n) is 7.07.